The Hall–Kier alpha value is -1.36. The molecule has 1 unspecified atom stereocenters. The number of benzene rings is 2. The number of nitrogens with one attached hydrogen (secondary N) is 1. The molecular weight excluding hydrogens is 388 g/mol. The third-order valence-electron chi connectivity index (χ3n) is 4.28. The number of anilines is 1. The first kappa shape index (κ1) is 17.5. The van der Waals surface area contributed by atoms with E-state index in [1.807, 2.05) is 42.5 Å². The second kappa shape index (κ2) is 8.15. The summed E-state index contributed by atoms with van der Waals surface area (Å²) >= 11 is 9.46. The van der Waals surface area contributed by atoms with Crippen molar-refractivity contribution in [1.82, 2.24) is 4.90 Å². The molecule has 0 saturated carbocycles. The van der Waals surface area contributed by atoms with E-state index in [4.69, 9.17) is 11.6 Å². The molecule has 1 aliphatic heterocycles. The van der Waals surface area contributed by atoms with Gasteiger partial charge in [-0.1, -0.05) is 39.7 Å². The number of hydrogen-bond donors (Lipinski definition) is 1. The van der Waals surface area contributed by atoms with Crippen molar-refractivity contribution in [2.75, 3.05) is 18.4 Å². The maximum Gasteiger partial charge on any atom is 0.228 e. The number of amides is 1. The van der Waals surface area contributed by atoms with Crippen LogP contribution < -0.4 is 5.32 Å². The number of likely N-dealkylation sites (tertiary alicyclic amines) is 1. The van der Waals surface area contributed by atoms with Crippen LogP contribution in [0.1, 0.15) is 18.4 Å². The molecular formula is C19H20BrClN2O. The van der Waals surface area contributed by atoms with Crippen molar-refractivity contribution in [3.63, 3.8) is 0 Å². The van der Waals surface area contributed by atoms with Crippen LogP contribution in [0.4, 0.5) is 5.69 Å². The van der Waals surface area contributed by atoms with Gasteiger partial charge in [0.05, 0.1) is 5.92 Å². The Morgan fingerprint density at radius 2 is 2.04 bits per heavy atom. The summed E-state index contributed by atoms with van der Waals surface area (Å²) in [6.07, 6.45) is 1.98. The van der Waals surface area contributed by atoms with Crippen molar-refractivity contribution in [2.24, 2.45) is 5.92 Å². The first-order chi connectivity index (χ1) is 11.6. The van der Waals surface area contributed by atoms with E-state index in [0.29, 0.717) is 0 Å². The zero-order valence-electron chi connectivity index (χ0n) is 13.3. The summed E-state index contributed by atoms with van der Waals surface area (Å²) in [4.78, 5) is 14.9. The normalized spacial score (nSPS) is 18.3. The largest absolute Gasteiger partial charge is 0.326 e. The predicted molar refractivity (Wildman–Crippen MR) is 102 cm³/mol. The van der Waals surface area contributed by atoms with Crippen LogP contribution in [0.2, 0.25) is 5.02 Å². The van der Waals surface area contributed by atoms with Gasteiger partial charge in [0.25, 0.3) is 0 Å². The number of hydrogen-bond acceptors (Lipinski definition) is 2. The lowest BCUT2D eigenvalue weighted by Gasteiger charge is -2.32. The van der Waals surface area contributed by atoms with Crippen LogP contribution in [0.3, 0.4) is 0 Å². The third kappa shape index (κ3) is 4.82. The zero-order valence-corrected chi connectivity index (χ0v) is 15.7. The van der Waals surface area contributed by atoms with Crippen LogP contribution in [0.25, 0.3) is 0 Å². The summed E-state index contributed by atoms with van der Waals surface area (Å²) in [5.41, 5.74) is 2.03. The van der Waals surface area contributed by atoms with E-state index < -0.39 is 0 Å². The Kier molecular flexibility index (Phi) is 5.93. The number of piperidine rings is 1. The molecule has 1 fully saturated rings. The van der Waals surface area contributed by atoms with Crippen molar-refractivity contribution < 1.29 is 4.79 Å². The maximum atomic E-state index is 12.5. The fourth-order valence-corrected chi connectivity index (χ4v) is 3.56. The van der Waals surface area contributed by atoms with E-state index in [1.165, 1.54) is 5.56 Å². The van der Waals surface area contributed by atoms with E-state index >= 15 is 0 Å². The Morgan fingerprint density at radius 3 is 2.79 bits per heavy atom. The van der Waals surface area contributed by atoms with E-state index in [1.54, 1.807) is 0 Å². The second-order valence-electron chi connectivity index (χ2n) is 6.20. The fraction of sp³-hybridized carbons (Fsp3) is 0.316. The SMILES string of the molecule is O=C(Nc1ccc(Br)cc1)C1CCCN(Cc2cccc(Cl)c2)C1. The molecule has 1 heterocycles. The zero-order chi connectivity index (χ0) is 16.9. The molecule has 0 aromatic heterocycles. The van der Waals surface area contributed by atoms with Gasteiger partial charge in [-0.25, -0.2) is 0 Å². The Bertz CT molecular complexity index is 705. The van der Waals surface area contributed by atoms with Crippen LogP contribution >= 0.6 is 27.5 Å². The summed E-state index contributed by atoms with van der Waals surface area (Å²) in [7, 11) is 0. The summed E-state index contributed by atoms with van der Waals surface area (Å²) in [6, 6.07) is 15.6. The van der Waals surface area contributed by atoms with Crippen LogP contribution in [0.15, 0.2) is 53.0 Å². The minimum atomic E-state index is 0.0292. The first-order valence-corrected chi connectivity index (χ1v) is 9.30. The van der Waals surface area contributed by atoms with Gasteiger partial charge in [-0.05, 0) is 61.3 Å². The Balaban J connectivity index is 1.58. The Morgan fingerprint density at radius 1 is 1.25 bits per heavy atom. The molecule has 0 aliphatic carbocycles. The third-order valence-corrected chi connectivity index (χ3v) is 5.05. The van der Waals surface area contributed by atoms with Crippen LogP contribution in [0, 0.1) is 5.92 Å². The highest BCUT2D eigenvalue weighted by atomic mass is 79.9. The lowest BCUT2D eigenvalue weighted by atomic mass is 9.96. The average molecular weight is 408 g/mol. The molecule has 5 heteroatoms. The van der Waals surface area contributed by atoms with E-state index in [9.17, 15) is 4.79 Å². The molecule has 2 aromatic rings. The molecule has 2 aromatic carbocycles. The van der Waals surface area contributed by atoms with E-state index in [-0.39, 0.29) is 11.8 Å². The van der Waals surface area contributed by atoms with Gasteiger partial charge in [-0.3, -0.25) is 9.69 Å². The molecule has 1 amide bonds. The van der Waals surface area contributed by atoms with Crippen LogP contribution in [-0.4, -0.2) is 23.9 Å². The smallest absolute Gasteiger partial charge is 0.228 e. The molecule has 1 saturated heterocycles. The average Bonchev–Trinajstić information content (AvgIpc) is 2.57. The summed E-state index contributed by atoms with van der Waals surface area (Å²) in [5.74, 6) is 0.134. The number of carbonyl (C=O) groups excluding carboxylic acids is 1. The minimum Gasteiger partial charge on any atom is -0.326 e. The quantitative estimate of drug-likeness (QED) is 0.777. The minimum absolute atomic E-state index is 0.0292. The van der Waals surface area contributed by atoms with Crippen LogP contribution in [0.5, 0.6) is 0 Å². The van der Waals surface area contributed by atoms with Gasteiger partial charge in [0, 0.05) is 28.3 Å². The molecule has 126 valence electrons. The highest BCUT2D eigenvalue weighted by Crippen LogP contribution is 2.22. The fourth-order valence-electron chi connectivity index (χ4n) is 3.08. The predicted octanol–water partition coefficient (Wildman–Crippen LogP) is 4.95. The standard InChI is InChI=1S/C19H20BrClN2O/c20-16-6-8-18(9-7-16)22-19(24)15-4-2-10-23(13-15)12-14-3-1-5-17(21)11-14/h1,3,5-9,11,15H,2,4,10,12-13H2,(H,22,24). The molecule has 24 heavy (non-hydrogen) atoms. The van der Waals surface area contributed by atoms with Gasteiger partial charge < -0.3 is 5.32 Å². The van der Waals surface area contributed by atoms with Crippen molar-refractivity contribution in [3.8, 4) is 0 Å². The first-order valence-electron chi connectivity index (χ1n) is 8.13. The molecule has 0 radical (unpaired) electrons. The molecule has 3 nitrogen and oxygen atoms in total. The number of carbonyl (C=O) groups is 1. The van der Waals surface area contributed by atoms with Crippen molar-refractivity contribution in [3.05, 3.63) is 63.6 Å². The van der Waals surface area contributed by atoms with E-state index in [2.05, 4.69) is 32.2 Å². The molecule has 1 aliphatic rings. The molecule has 1 N–H and O–H groups in total. The van der Waals surface area contributed by atoms with Crippen molar-refractivity contribution >= 4 is 39.1 Å². The van der Waals surface area contributed by atoms with Crippen LogP contribution in [-0.2, 0) is 11.3 Å². The van der Waals surface area contributed by atoms with Crippen molar-refractivity contribution in [2.45, 2.75) is 19.4 Å². The number of rotatable bonds is 4. The van der Waals surface area contributed by atoms with Gasteiger partial charge >= 0.3 is 0 Å². The molecule has 3 rings (SSSR count). The molecule has 0 bridgehead atoms. The second-order valence-corrected chi connectivity index (χ2v) is 7.55. The summed E-state index contributed by atoms with van der Waals surface area (Å²) in [6.45, 7) is 2.64. The lowest BCUT2D eigenvalue weighted by Crippen LogP contribution is -2.40. The summed E-state index contributed by atoms with van der Waals surface area (Å²) in [5, 5.41) is 3.78. The van der Waals surface area contributed by atoms with Crippen molar-refractivity contribution in [1.29, 1.82) is 0 Å². The number of halogens is 2. The van der Waals surface area contributed by atoms with Gasteiger partial charge in [0.1, 0.15) is 0 Å². The van der Waals surface area contributed by atoms with Gasteiger partial charge in [0.15, 0.2) is 0 Å². The monoisotopic (exact) mass is 406 g/mol. The summed E-state index contributed by atoms with van der Waals surface area (Å²) < 4.78 is 1.01. The molecule has 1 atom stereocenters. The van der Waals surface area contributed by atoms with Gasteiger partial charge in [-0.15, -0.1) is 0 Å². The maximum absolute atomic E-state index is 12.5. The topological polar surface area (TPSA) is 32.3 Å². The number of nitrogens with zero attached hydrogens (tertiary/aromatic N) is 1. The molecule has 0 spiro atoms. The van der Waals surface area contributed by atoms with Gasteiger partial charge in [-0.2, -0.15) is 0 Å². The lowest BCUT2D eigenvalue weighted by molar-refractivity contribution is -0.121. The van der Waals surface area contributed by atoms with Gasteiger partial charge in [0.2, 0.25) is 5.91 Å². The highest BCUT2D eigenvalue weighted by Gasteiger charge is 2.25. The highest BCUT2D eigenvalue weighted by molar-refractivity contribution is 9.10. The Labute approximate surface area is 156 Å². The van der Waals surface area contributed by atoms with E-state index in [0.717, 1.165) is 47.7 Å².